The van der Waals surface area contributed by atoms with Crippen LogP contribution in [0.3, 0.4) is 0 Å². The van der Waals surface area contributed by atoms with Gasteiger partial charge in [0, 0.05) is 12.6 Å². The van der Waals surface area contributed by atoms with E-state index in [4.69, 9.17) is 23.2 Å². The summed E-state index contributed by atoms with van der Waals surface area (Å²) >= 11 is 12.3. The SMILES string of the molecule is CC(C(=O)NC1CCCCC1)N(Cc1ccc(Cl)c(Cl)c1)C(=O)CN(c1ccccc1F)S(=O)(=O)c1ccccc1. The number of nitrogens with one attached hydrogen (secondary N) is 1. The second-order valence-electron chi connectivity index (χ2n) is 10.1. The minimum absolute atomic E-state index is 0.00833. The lowest BCUT2D eigenvalue weighted by Gasteiger charge is -2.33. The first-order valence-corrected chi connectivity index (χ1v) is 15.6. The summed E-state index contributed by atoms with van der Waals surface area (Å²) in [7, 11) is -4.35. The Labute approximate surface area is 250 Å². The molecule has 0 saturated heterocycles. The molecule has 11 heteroatoms. The molecule has 218 valence electrons. The Morgan fingerprint density at radius 3 is 2.27 bits per heavy atom. The van der Waals surface area contributed by atoms with Crippen LogP contribution in [-0.2, 0) is 26.2 Å². The first-order chi connectivity index (χ1) is 19.6. The molecule has 0 heterocycles. The molecule has 1 aliphatic carbocycles. The van der Waals surface area contributed by atoms with Gasteiger partial charge in [-0.15, -0.1) is 0 Å². The number of anilines is 1. The number of sulfonamides is 1. The Bertz CT molecular complexity index is 1480. The van der Waals surface area contributed by atoms with E-state index in [0.29, 0.717) is 10.6 Å². The molecular weight excluding hydrogens is 588 g/mol. The third kappa shape index (κ3) is 7.58. The zero-order chi connectivity index (χ0) is 29.6. The van der Waals surface area contributed by atoms with Crippen LogP contribution < -0.4 is 9.62 Å². The summed E-state index contributed by atoms with van der Waals surface area (Å²) in [6.07, 6.45) is 4.86. The van der Waals surface area contributed by atoms with Crippen molar-refractivity contribution in [2.75, 3.05) is 10.8 Å². The van der Waals surface area contributed by atoms with E-state index in [1.807, 2.05) is 0 Å². The zero-order valence-corrected chi connectivity index (χ0v) is 24.9. The molecule has 1 unspecified atom stereocenters. The van der Waals surface area contributed by atoms with Gasteiger partial charge in [-0.2, -0.15) is 0 Å². The number of carbonyl (C=O) groups excluding carboxylic acids is 2. The Hall–Kier alpha value is -3.14. The molecule has 1 atom stereocenters. The largest absolute Gasteiger partial charge is 0.352 e. The van der Waals surface area contributed by atoms with Gasteiger partial charge in [-0.3, -0.25) is 13.9 Å². The maximum Gasteiger partial charge on any atom is 0.264 e. The zero-order valence-electron chi connectivity index (χ0n) is 22.6. The number of hydrogen-bond acceptors (Lipinski definition) is 4. The minimum atomic E-state index is -4.35. The summed E-state index contributed by atoms with van der Waals surface area (Å²) in [6, 6.07) is 16.7. The van der Waals surface area contributed by atoms with Crippen molar-refractivity contribution in [2.24, 2.45) is 0 Å². The number of benzene rings is 3. The van der Waals surface area contributed by atoms with Gasteiger partial charge < -0.3 is 10.2 Å². The topological polar surface area (TPSA) is 86.8 Å². The van der Waals surface area contributed by atoms with Gasteiger partial charge in [-0.25, -0.2) is 12.8 Å². The molecule has 41 heavy (non-hydrogen) atoms. The number of carbonyl (C=O) groups is 2. The van der Waals surface area contributed by atoms with Crippen LogP contribution in [-0.4, -0.2) is 43.8 Å². The lowest BCUT2D eigenvalue weighted by atomic mass is 9.95. The fourth-order valence-corrected chi connectivity index (χ4v) is 6.64. The van der Waals surface area contributed by atoms with E-state index in [1.165, 1.54) is 35.2 Å². The van der Waals surface area contributed by atoms with Crippen molar-refractivity contribution >= 4 is 50.7 Å². The first kappa shape index (κ1) is 30.8. The number of halogens is 3. The van der Waals surface area contributed by atoms with Crippen LogP contribution in [0.2, 0.25) is 10.0 Å². The van der Waals surface area contributed by atoms with E-state index < -0.39 is 34.3 Å². The average Bonchev–Trinajstić information content (AvgIpc) is 2.97. The molecule has 0 bridgehead atoms. The minimum Gasteiger partial charge on any atom is -0.352 e. The lowest BCUT2D eigenvalue weighted by Crippen LogP contribution is -2.53. The van der Waals surface area contributed by atoms with Crippen LogP contribution in [0.5, 0.6) is 0 Å². The molecular formula is C30H32Cl2FN3O4S. The van der Waals surface area contributed by atoms with E-state index in [-0.39, 0.29) is 34.1 Å². The van der Waals surface area contributed by atoms with Crippen molar-refractivity contribution in [3.63, 3.8) is 0 Å². The average molecular weight is 621 g/mol. The summed E-state index contributed by atoms with van der Waals surface area (Å²) in [5.41, 5.74) is 0.312. The molecule has 4 rings (SSSR count). The first-order valence-electron chi connectivity index (χ1n) is 13.4. The summed E-state index contributed by atoms with van der Waals surface area (Å²) < 4.78 is 43.2. The van der Waals surface area contributed by atoms with Crippen molar-refractivity contribution in [2.45, 2.75) is 62.6 Å². The van der Waals surface area contributed by atoms with Crippen molar-refractivity contribution in [1.82, 2.24) is 10.2 Å². The molecule has 0 aliphatic heterocycles. The van der Waals surface area contributed by atoms with E-state index >= 15 is 0 Å². The maximum absolute atomic E-state index is 15.0. The van der Waals surface area contributed by atoms with E-state index in [1.54, 1.807) is 43.3 Å². The van der Waals surface area contributed by atoms with Crippen LogP contribution >= 0.6 is 23.2 Å². The number of rotatable bonds is 10. The van der Waals surface area contributed by atoms with Crippen LogP contribution in [0.1, 0.15) is 44.6 Å². The molecule has 0 radical (unpaired) electrons. The van der Waals surface area contributed by atoms with Gasteiger partial charge in [0.05, 0.1) is 20.6 Å². The van der Waals surface area contributed by atoms with Gasteiger partial charge in [0.25, 0.3) is 10.0 Å². The fourth-order valence-electron chi connectivity index (χ4n) is 4.87. The quantitative estimate of drug-likeness (QED) is 0.293. The lowest BCUT2D eigenvalue weighted by molar-refractivity contribution is -0.139. The maximum atomic E-state index is 15.0. The van der Waals surface area contributed by atoms with Gasteiger partial charge in [-0.1, -0.05) is 78.9 Å². The van der Waals surface area contributed by atoms with Gasteiger partial charge in [0.2, 0.25) is 11.8 Å². The van der Waals surface area contributed by atoms with Crippen molar-refractivity contribution in [3.8, 4) is 0 Å². The summed E-state index contributed by atoms with van der Waals surface area (Å²) in [6.45, 7) is 0.804. The Balaban J connectivity index is 1.69. The number of amides is 2. The smallest absolute Gasteiger partial charge is 0.264 e. The van der Waals surface area contributed by atoms with Crippen LogP contribution in [0, 0.1) is 5.82 Å². The summed E-state index contributed by atoms with van der Waals surface area (Å²) in [5.74, 6) is -1.85. The normalized spacial score (nSPS) is 14.7. The highest BCUT2D eigenvalue weighted by Crippen LogP contribution is 2.28. The third-order valence-corrected chi connectivity index (χ3v) is 9.70. The highest BCUT2D eigenvalue weighted by atomic mass is 35.5. The molecule has 3 aromatic carbocycles. The number of para-hydroxylation sites is 1. The Kier molecular flexibility index (Phi) is 10.3. The van der Waals surface area contributed by atoms with Gasteiger partial charge in [-0.05, 0) is 61.7 Å². The van der Waals surface area contributed by atoms with Crippen LogP contribution in [0.15, 0.2) is 77.7 Å². The Morgan fingerprint density at radius 2 is 1.61 bits per heavy atom. The standard InChI is InChI=1S/C30H32Cl2FN3O4S/c1-21(30(38)34-23-10-4-2-5-11-23)35(19-22-16-17-25(31)26(32)18-22)29(37)20-36(28-15-9-8-14-27(28)33)41(39,40)24-12-6-3-7-13-24/h3,6-9,12-18,21,23H,2,4-5,10-11,19-20H2,1H3,(H,34,38). The summed E-state index contributed by atoms with van der Waals surface area (Å²) in [5, 5.41) is 3.64. The van der Waals surface area contributed by atoms with Crippen molar-refractivity contribution in [1.29, 1.82) is 0 Å². The molecule has 1 fully saturated rings. The van der Waals surface area contributed by atoms with Crippen LogP contribution in [0.25, 0.3) is 0 Å². The monoisotopic (exact) mass is 619 g/mol. The predicted octanol–water partition coefficient (Wildman–Crippen LogP) is 6.19. The van der Waals surface area contributed by atoms with Gasteiger partial charge in [0.1, 0.15) is 18.4 Å². The second kappa shape index (κ2) is 13.7. The highest BCUT2D eigenvalue weighted by molar-refractivity contribution is 7.92. The van der Waals surface area contributed by atoms with E-state index in [2.05, 4.69) is 5.32 Å². The molecule has 2 amide bonds. The number of hydrogen-bond donors (Lipinski definition) is 1. The van der Waals surface area contributed by atoms with E-state index in [9.17, 15) is 22.4 Å². The molecule has 1 N–H and O–H groups in total. The van der Waals surface area contributed by atoms with Crippen LogP contribution in [0.4, 0.5) is 10.1 Å². The fraction of sp³-hybridized carbons (Fsp3) is 0.333. The molecule has 3 aromatic rings. The van der Waals surface area contributed by atoms with Gasteiger partial charge in [0.15, 0.2) is 0 Å². The molecule has 1 saturated carbocycles. The van der Waals surface area contributed by atoms with E-state index in [0.717, 1.165) is 42.5 Å². The molecule has 0 spiro atoms. The third-order valence-electron chi connectivity index (χ3n) is 7.19. The summed E-state index contributed by atoms with van der Waals surface area (Å²) in [4.78, 5) is 28.5. The Morgan fingerprint density at radius 1 is 0.951 bits per heavy atom. The second-order valence-corrected chi connectivity index (χ2v) is 12.7. The molecule has 0 aromatic heterocycles. The molecule has 7 nitrogen and oxygen atoms in total. The molecule has 1 aliphatic rings. The number of nitrogens with zero attached hydrogens (tertiary/aromatic N) is 2. The predicted molar refractivity (Wildman–Crippen MR) is 159 cm³/mol. The highest BCUT2D eigenvalue weighted by Gasteiger charge is 2.34. The van der Waals surface area contributed by atoms with Gasteiger partial charge >= 0.3 is 0 Å². The van der Waals surface area contributed by atoms with Crippen molar-refractivity contribution < 1.29 is 22.4 Å². The van der Waals surface area contributed by atoms with Crippen molar-refractivity contribution in [3.05, 3.63) is 94.2 Å².